The summed E-state index contributed by atoms with van der Waals surface area (Å²) in [5, 5.41) is 0. The standard InChI is InChI=1S/C20H16FN3O2S/c21-16-8-4-5-14(11-16)13-22-27(25,26)17-9-10-18-19(12-17)24-20(23-18)15-6-2-1-3-7-15/h1-12,22H,13H2,(H,23,24). The Morgan fingerprint density at radius 3 is 2.56 bits per heavy atom. The smallest absolute Gasteiger partial charge is 0.240 e. The van der Waals surface area contributed by atoms with Crippen LogP contribution in [0.4, 0.5) is 4.39 Å². The van der Waals surface area contributed by atoms with Gasteiger partial charge in [-0.15, -0.1) is 0 Å². The predicted molar refractivity (Wildman–Crippen MR) is 102 cm³/mol. The van der Waals surface area contributed by atoms with Gasteiger partial charge in [0, 0.05) is 12.1 Å². The van der Waals surface area contributed by atoms with Crippen molar-refractivity contribution in [1.82, 2.24) is 14.7 Å². The van der Waals surface area contributed by atoms with E-state index >= 15 is 0 Å². The number of benzene rings is 3. The zero-order valence-electron chi connectivity index (χ0n) is 14.2. The van der Waals surface area contributed by atoms with Gasteiger partial charge in [0.05, 0.1) is 15.9 Å². The molecule has 0 atom stereocenters. The molecule has 2 N–H and O–H groups in total. The first-order valence-electron chi connectivity index (χ1n) is 8.30. The van der Waals surface area contributed by atoms with Crippen molar-refractivity contribution in [3.05, 3.63) is 84.2 Å². The van der Waals surface area contributed by atoms with Crippen molar-refractivity contribution in [1.29, 1.82) is 0 Å². The maximum Gasteiger partial charge on any atom is 0.240 e. The molecule has 4 aromatic rings. The number of fused-ring (bicyclic) bond motifs is 1. The quantitative estimate of drug-likeness (QED) is 0.551. The van der Waals surface area contributed by atoms with Crippen LogP contribution in [0.25, 0.3) is 22.4 Å². The lowest BCUT2D eigenvalue weighted by Crippen LogP contribution is -2.23. The van der Waals surface area contributed by atoms with Crippen LogP contribution < -0.4 is 4.72 Å². The lowest BCUT2D eigenvalue weighted by atomic mass is 10.2. The van der Waals surface area contributed by atoms with Crippen molar-refractivity contribution < 1.29 is 12.8 Å². The zero-order chi connectivity index (χ0) is 18.9. The molecule has 3 aromatic carbocycles. The molecule has 7 heteroatoms. The van der Waals surface area contributed by atoms with Crippen LogP contribution in [0.3, 0.4) is 0 Å². The molecule has 136 valence electrons. The summed E-state index contributed by atoms with van der Waals surface area (Å²) in [4.78, 5) is 7.77. The van der Waals surface area contributed by atoms with Gasteiger partial charge in [-0.2, -0.15) is 0 Å². The molecular weight excluding hydrogens is 365 g/mol. The topological polar surface area (TPSA) is 74.8 Å². The third-order valence-electron chi connectivity index (χ3n) is 4.17. The molecule has 4 rings (SSSR count). The van der Waals surface area contributed by atoms with Gasteiger partial charge in [0.2, 0.25) is 10.0 Å². The van der Waals surface area contributed by atoms with Crippen LogP contribution in [-0.4, -0.2) is 18.4 Å². The van der Waals surface area contributed by atoms with Gasteiger partial charge < -0.3 is 4.98 Å². The first-order valence-corrected chi connectivity index (χ1v) is 9.79. The summed E-state index contributed by atoms with van der Waals surface area (Å²) in [6, 6.07) is 20.1. The number of hydrogen-bond donors (Lipinski definition) is 2. The Bertz CT molecular complexity index is 1200. The number of aromatic amines is 1. The predicted octanol–water partition coefficient (Wildman–Crippen LogP) is 3.85. The molecule has 1 aromatic heterocycles. The minimum Gasteiger partial charge on any atom is -0.338 e. The van der Waals surface area contributed by atoms with E-state index in [0.29, 0.717) is 22.4 Å². The number of aromatic nitrogens is 2. The number of sulfonamides is 1. The minimum atomic E-state index is -3.74. The number of H-pyrrole nitrogens is 1. The average molecular weight is 381 g/mol. The van der Waals surface area contributed by atoms with Gasteiger partial charge in [-0.3, -0.25) is 0 Å². The van der Waals surface area contributed by atoms with E-state index in [9.17, 15) is 12.8 Å². The van der Waals surface area contributed by atoms with E-state index < -0.39 is 15.8 Å². The van der Waals surface area contributed by atoms with Crippen LogP contribution in [0, 0.1) is 5.82 Å². The van der Waals surface area contributed by atoms with E-state index in [4.69, 9.17) is 0 Å². The van der Waals surface area contributed by atoms with Crippen molar-refractivity contribution in [3.63, 3.8) is 0 Å². The fourth-order valence-corrected chi connectivity index (χ4v) is 3.84. The highest BCUT2D eigenvalue weighted by molar-refractivity contribution is 7.89. The summed E-state index contributed by atoms with van der Waals surface area (Å²) in [5.41, 5.74) is 2.77. The summed E-state index contributed by atoms with van der Waals surface area (Å²) in [5.74, 6) is 0.270. The van der Waals surface area contributed by atoms with Crippen molar-refractivity contribution in [2.45, 2.75) is 11.4 Å². The normalized spacial score (nSPS) is 11.7. The van der Waals surface area contributed by atoms with Crippen LogP contribution in [-0.2, 0) is 16.6 Å². The lowest BCUT2D eigenvalue weighted by Gasteiger charge is -2.07. The van der Waals surface area contributed by atoms with E-state index in [2.05, 4.69) is 14.7 Å². The molecule has 0 amide bonds. The Morgan fingerprint density at radius 2 is 1.78 bits per heavy atom. The first-order chi connectivity index (χ1) is 13.0. The van der Waals surface area contributed by atoms with Gasteiger partial charge in [-0.25, -0.2) is 22.5 Å². The fraction of sp³-hybridized carbons (Fsp3) is 0.0500. The second-order valence-corrected chi connectivity index (χ2v) is 7.85. The van der Waals surface area contributed by atoms with E-state index in [1.807, 2.05) is 30.3 Å². The molecule has 0 saturated heterocycles. The first kappa shape index (κ1) is 17.4. The minimum absolute atomic E-state index is 0.0103. The van der Waals surface area contributed by atoms with Gasteiger partial charge >= 0.3 is 0 Å². The highest BCUT2D eigenvalue weighted by atomic mass is 32.2. The molecule has 0 aliphatic carbocycles. The summed E-state index contributed by atoms with van der Waals surface area (Å²) in [6.07, 6.45) is 0. The maximum atomic E-state index is 13.2. The highest BCUT2D eigenvalue weighted by Crippen LogP contribution is 2.22. The number of nitrogens with zero attached hydrogens (tertiary/aromatic N) is 1. The molecule has 1 heterocycles. The monoisotopic (exact) mass is 381 g/mol. The average Bonchev–Trinajstić information content (AvgIpc) is 3.11. The Kier molecular flexibility index (Phi) is 4.47. The lowest BCUT2D eigenvalue weighted by molar-refractivity contribution is 0.580. The highest BCUT2D eigenvalue weighted by Gasteiger charge is 2.16. The molecule has 0 unspecified atom stereocenters. The van der Waals surface area contributed by atoms with Crippen LogP contribution in [0.15, 0.2) is 77.7 Å². The Morgan fingerprint density at radius 1 is 0.963 bits per heavy atom. The zero-order valence-corrected chi connectivity index (χ0v) is 15.0. The van der Waals surface area contributed by atoms with Gasteiger partial charge in [0.15, 0.2) is 0 Å². The van der Waals surface area contributed by atoms with Crippen molar-refractivity contribution in [3.8, 4) is 11.4 Å². The molecule has 0 saturated carbocycles. The van der Waals surface area contributed by atoms with Crippen LogP contribution >= 0.6 is 0 Å². The van der Waals surface area contributed by atoms with Gasteiger partial charge in [0.25, 0.3) is 0 Å². The van der Waals surface area contributed by atoms with Crippen LogP contribution in [0.2, 0.25) is 0 Å². The second-order valence-electron chi connectivity index (χ2n) is 6.08. The molecular formula is C20H16FN3O2S. The Hall–Kier alpha value is -3.03. The Balaban J connectivity index is 1.60. The van der Waals surface area contributed by atoms with Crippen LogP contribution in [0.5, 0.6) is 0 Å². The molecule has 0 radical (unpaired) electrons. The molecule has 0 fully saturated rings. The van der Waals surface area contributed by atoms with E-state index in [-0.39, 0.29) is 11.4 Å². The summed E-state index contributed by atoms with van der Waals surface area (Å²) in [7, 11) is -3.74. The molecule has 0 aliphatic heterocycles. The van der Waals surface area contributed by atoms with Gasteiger partial charge in [-0.05, 0) is 35.9 Å². The molecule has 5 nitrogen and oxygen atoms in total. The van der Waals surface area contributed by atoms with Gasteiger partial charge in [-0.1, -0.05) is 42.5 Å². The summed E-state index contributed by atoms with van der Waals surface area (Å²) >= 11 is 0. The molecule has 0 spiro atoms. The molecule has 0 aliphatic rings. The largest absolute Gasteiger partial charge is 0.338 e. The Labute approximate surface area is 155 Å². The third kappa shape index (κ3) is 3.74. The van der Waals surface area contributed by atoms with E-state index in [1.54, 1.807) is 24.3 Å². The summed E-state index contributed by atoms with van der Waals surface area (Å²) < 4.78 is 40.9. The number of halogens is 1. The fourth-order valence-electron chi connectivity index (χ4n) is 2.80. The number of nitrogens with one attached hydrogen (secondary N) is 2. The van der Waals surface area contributed by atoms with Crippen molar-refractivity contribution in [2.75, 3.05) is 0 Å². The number of rotatable bonds is 5. The van der Waals surface area contributed by atoms with E-state index in [0.717, 1.165) is 5.56 Å². The number of imidazole rings is 1. The van der Waals surface area contributed by atoms with Crippen molar-refractivity contribution >= 4 is 21.1 Å². The van der Waals surface area contributed by atoms with Gasteiger partial charge in [0.1, 0.15) is 11.6 Å². The van der Waals surface area contributed by atoms with Crippen molar-refractivity contribution in [2.24, 2.45) is 0 Å². The molecule has 27 heavy (non-hydrogen) atoms. The second kappa shape index (κ2) is 6.94. The van der Waals surface area contributed by atoms with Crippen LogP contribution in [0.1, 0.15) is 5.56 Å². The SMILES string of the molecule is O=S(=O)(NCc1cccc(F)c1)c1ccc2nc(-c3ccccc3)[nH]c2c1. The number of hydrogen-bond acceptors (Lipinski definition) is 3. The molecule has 0 bridgehead atoms. The third-order valence-corrected chi connectivity index (χ3v) is 5.57. The maximum absolute atomic E-state index is 13.2. The summed E-state index contributed by atoms with van der Waals surface area (Å²) in [6.45, 7) is 0.0103. The van der Waals surface area contributed by atoms with E-state index in [1.165, 1.54) is 18.2 Å².